The molecule has 6 rings (SSSR count). The van der Waals surface area contributed by atoms with Gasteiger partial charge in [-0.25, -0.2) is 9.97 Å². The normalized spacial score (nSPS) is 18.8. The number of carbonyl (C=O) groups is 1. The molecule has 1 saturated heterocycles. The average molecular weight is 431 g/mol. The molecule has 3 aromatic heterocycles. The van der Waals surface area contributed by atoms with Crippen LogP contribution < -0.4 is 10.2 Å². The fourth-order valence-corrected chi connectivity index (χ4v) is 5.15. The lowest BCUT2D eigenvalue weighted by molar-refractivity contribution is -0.117. The lowest BCUT2D eigenvalue weighted by Gasteiger charge is -2.17. The van der Waals surface area contributed by atoms with E-state index >= 15 is 0 Å². The van der Waals surface area contributed by atoms with Gasteiger partial charge in [-0.1, -0.05) is 30.3 Å². The molecule has 1 N–H and O–H groups in total. The van der Waals surface area contributed by atoms with Gasteiger partial charge in [-0.2, -0.15) is 5.10 Å². The summed E-state index contributed by atoms with van der Waals surface area (Å²) in [7, 11) is 1.86. The Bertz CT molecular complexity index is 1280. The summed E-state index contributed by atoms with van der Waals surface area (Å²) >= 11 is 1.64. The highest BCUT2D eigenvalue weighted by molar-refractivity contribution is 7.17. The van der Waals surface area contributed by atoms with Gasteiger partial charge in [-0.05, 0) is 24.8 Å². The van der Waals surface area contributed by atoms with Crippen molar-refractivity contribution in [2.24, 2.45) is 7.05 Å². The van der Waals surface area contributed by atoms with Crippen molar-refractivity contribution in [3.8, 4) is 11.1 Å². The second-order valence-corrected chi connectivity index (χ2v) is 9.11. The monoisotopic (exact) mass is 430 g/mol. The summed E-state index contributed by atoms with van der Waals surface area (Å²) in [5.41, 5.74) is 3.08. The van der Waals surface area contributed by atoms with Crippen molar-refractivity contribution < 1.29 is 4.79 Å². The molecule has 1 atom stereocenters. The van der Waals surface area contributed by atoms with E-state index in [1.165, 1.54) is 0 Å². The highest BCUT2D eigenvalue weighted by atomic mass is 32.1. The Morgan fingerprint density at radius 1 is 1.13 bits per heavy atom. The Morgan fingerprint density at radius 2 is 1.97 bits per heavy atom. The number of nitrogens with zero attached hydrogens (tertiary/aromatic N) is 5. The first-order valence-corrected chi connectivity index (χ1v) is 11.5. The molecule has 4 heterocycles. The summed E-state index contributed by atoms with van der Waals surface area (Å²) in [5, 5.41) is 10.9. The molecular formula is C23H22N6OS. The van der Waals surface area contributed by atoms with Crippen LogP contribution in [-0.4, -0.2) is 38.2 Å². The molecule has 0 bridgehead atoms. The van der Waals surface area contributed by atoms with E-state index in [-0.39, 0.29) is 11.9 Å². The first-order valence-electron chi connectivity index (χ1n) is 10.6. The van der Waals surface area contributed by atoms with E-state index in [0.29, 0.717) is 12.5 Å². The Labute approximate surface area is 183 Å². The summed E-state index contributed by atoms with van der Waals surface area (Å²) in [5.74, 6) is 2.17. The van der Waals surface area contributed by atoms with Crippen LogP contribution >= 0.6 is 11.3 Å². The lowest BCUT2D eigenvalue weighted by Crippen LogP contribution is -2.33. The van der Waals surface area contributed by atoms with Gasteiger partial charge in [0.1, 0.15) is 22.5 Å². The van der Waals surface area contributed by atoms with Gasteiger partial charge < -0.3 is 10.2 Å². The van der Waals surface area contributed by atoms with Crippen LogP contribution in [0, 0.1) is 0 Å². The van der Waals surface area contributed by atoms with Gasteiger partial charge in [-0.15, -0.1) is 11.3 Å². The number of benzene rings is 1. The van der Waals surface area contributed by atoms with Crippen LogP contribution in [-0.2, 0) is 11.8 Å². The minimum atomic E-state index is -0.311. The maximum absolute atomic E-state index is 13.2. The molecule has 8 heteroatoms. The van der Waals surface area contributed by atoms with Crippen LogP contribution in [0.2, 0.25) is 0 Å². The number of thiophene rings is 1. The van der Waals surface area contributed by atoms with Crippen molar-refractivity contribution in [3.05, 3.63) is 53.9 Å². The molecule has 0 radical (unpaired) electrons. The fourth-order valence-electron chi connectivity index (χ4n) is 4.20. The number of amides is 1. The number of hydrogen-bond donors (Lipinski definition) is 1. The van der Waals surface area contributed by atoms with E-state index < -0.39 is 0 Å². The highest BCUT2D eigenvalue weighted by Crippen LogP contribution is 2.43. The number of aromatic nitrogens is 4. The van der Waals surface area contributed by atoms with Crippen molar-refractivity contribution >= 4 is 39.0 Å². The van der Waals surface area contributed by atoms with Gasteiger partial charge >= 0.3 is 0 Å². The van der Waals surface area contributed by atoms with Crippen molar-refractivity contribution in [2.75, 3.05) is 16.8 Å². The molecule has 4 aromatic rings. The predicted molar refractivity (Wildman–Crippen MR) is 122 cm³/mol. The van der Waals surface area contributed by atoms with Crippen molar-refractivity contribution in [2.45, 2.75) is 31.2 Å². The number of aryl methyl sites for hydroxylation is 1. The summed E-state index contributed by atoms with van der Waals surface area (Å²) in [6.45, 7) is 0.668. The molecular weight excluding hydrogens is 408 g/mol. The zero-order valence-electron chi connectivity index (χ0n) is 17.2. The van der Waals surface area contributed by atoms with Crippen LogP contribution in [0.15, 0.2) is 48.1 Å². The molecule has 2 aliphatic rings. The maximum Gasteiger partial charge on any atom is 0.249 e. The first kappa shape index (κ1) is 18.5. The summed E-state index contributed by atoms with van der Waals surface area (Å²) in [6.07, 6.45) is 6.61. The SMILES string of the molecule is Cn1cc(N2CCC(Nc3nc(C4CC4)nc4scc(-c5ccccc5)c34)C2=O)cn1. The Balaban J connectivity index is 1.39. The van der Waals surface area contributed by atoms with Gasteiger partial charge in [-0.3, -0.25) is 9.48 Å². The topological polar surface area (TPSA) is 75.9 Å². The third-order valence-corrected chi connectivity index (χ3v) is 6.87. The Morgan fingerprint density at radius 3 is 2.71 bits per heavy atom. The highest BCUT2D eigenvalue weighted by Gasteiger charge is 2.35. The number of rotatable bonds is 5. The third kappa shape index (κ3) is 3.27. The van der Waals surface area contributed by atoms with Gasteiger partial charge in [0.15, 0.2) is 0 Å². The van der Waals surface area contributed by atoms with E-state index in [4.69, 9.17) is 9.97 Å². The third-order valence-electron chi connectivity index (χ3n) is 6.00. The Hall–Kier alpha value is -3.26. The van der Waals surface area contributed by atoms with Crippen LogP contribution in [0.1, 0.15) is 31.0 Å². The van der Waals surface area contributed by atoms with E-state index in [2.05, 4.69) is 27.9 Å². The van der Waals surface area contributed by atoms with E-state index in [1.807, 2.05) is 31.4 Å². The number of carbonyl (C=O) groups excluding carboxylic acids is 1. The molecule has 1 aliphatic carbocycles. The maximum atomic E-state index is 13.2. The Kier molecular flexibility index (Phi) is 4.27. The fraction of sp³-hybridized carbons (Fsp3) is 0.304. The van der Waals surface area contributed by atoms with Crippen molar-refractivity contribution in [1.29, 1.82) is 0 Å². The molecule has 0 spiro atoms. The van der Waals surface area contributed by atoms with Crippen LogP contribution in [0.3, 0.4) is 0 Å². The molecule has 1 unspecified atom stereocenters. The summed E-state index contributed by atoms with van der Waals surface area (Å²) in [4.78, 5) is 25.7. The van der Waals surface area contributed by atoms with Gasteiger partial charge in [0, 0.05) is 36.7 Å². The summed E-state index contributed by atoms with van der Waals surface area (Å²) < 4.78 is 1.72. The minimum Gasteiger partial charge on any atom is -0.358 e. The second kappa shape index (κ2) is 7.16. The zero-order chi connectivity index (χ0) is 20.9. The lowest BCUT2D eigenvalue weighted by atomic mass is 10.1. The van der Waals surface area contributed by atoms with Crippen LogP contribution in [0.4, 0.5) is 11.5 Å². The number of anilines is 2. The molecule has 1 saturated carbocycles. The van der Waals surface area contributed by atoms with Crippen molar-refractivity contribution in [1.82, 2.24) is 19.7 Å². The van der Waals surface area contributed by atoms with E-state index in [1.54, 1.807) is 27.1 Å². The molecule has 1 aromatic carbocycles. The van der Waals surface area contributed by atoms with Gasteiger partial charge in [0.2, 0.25) is 5.91 Å². The summed E-state index contributed by atoms with van der Waals surface area (Å²) in [6, 6.07) is 9.99. The van der Waals surface area contributed by atoms with Crippen LogP contribution in [0.5, 0.6) is 0 Å². The molecule has 1 amide bonds. The van der Waals surface area contributed by atoms with Gasteiger partial charge in [0.05, 0.1) is 17.3 Å². The van der Waals surface area contributed by atoms with Gasteiger partial charge in [0.25, 0.3) is 0 Å². The average Bonchev–Trinajstić information content (AvgIpc) is 3.25. The smallest absolute Gasteiger partial charge is 0.249 e. The molecule has 31 heavy (non-hydrogen) atoms. The number of hydrogen-bond acceptors (Lipinski definition) is 6. The minimum absolute atomic E-state index is 0.0595. The quantitative estimate of drug-likeness (QED) is 0.514. The standard InChI is InChI=1S/C23H22N6OS/c1-28-12-16(11-24-28)29-10-9-18(23(29)30)25-21-19-17(14-5-3-2-4-6-14)13-31-22(19)27-20(26-21)15-7-8-15/h2-6,11-13,15,18H,7-10H2,1H3,(H,25,26,27). The predicted octanol–water partition coefficient (Wildman–Crippen LogP) is 4.19. The first-order chi connectivity index (χ1) is 15.2. The largest absolute Gasteiger partial charge is 0.358 e. The second-order valence-electron chi connectivity index (χ2n) is 8.25. The molecule has 7 nitrogen and oxygen atoms in total. The molecule has 156 valence electrons. The zero-order valence-corrected chi connectivity index (χ0v) is 18.0. The number of fused-ring (bicyclic) bond motifs is 1. The van der Waals surface area contributed by atoms with E-state index in [9.17, 15) is 4.79 Å². The van der Waals surface area contributed by atoms with Crippen LogP contribution in [0.25, 0.3) is 21.3 Å². The molecule has 2 fully saturated rings. The van der Waals surface area contributed by atoms with Crippen molar-refractivity contribution in [3.63, 3.8) is 0 Å². The number of nitrogens with one attached hydrogen (secondary N) is 1. The van der Waals surface area contributed by atoms with E-state index in [0.717, 1.165) is 57.9 Å². The molecule has 1 aliphatic heterocycles.